The third kappa shape index (κ3) is 4.36. The molecule has 0 spiro atoms. The number of rotatable bonds is 7. The second kappa shape index (κ2) is 8.55. The predicted molar refractivity (Wildman–Crippen MR) is 115 cm³/mol. The second-order valence-electron chi connectivity index (χ2n) is 6.15. The van der Waals surface area contributed by atoms with E-state index in [4.69, 9.17) is 16.3 Å². The highest BCUT2D eigenvalue weighted by molar-refractivity contribution is 7.99. The SMILES string of the molecule is O=[N+]([O-])c1ccc2c(c1)nc(SCCOc1ccc(Cl)cc1)n2-c1ccccc1. The largest absolute Gasteiger partial charge is 0.493 e. The molecule has 0 unspecified atom stereocenters. The van der Waals surface area contributed by atoms with Crippen LogP contribution in [0.3, 0.4) is 0 Å². The summed E-state index contributed by atoms with van der Waals surface area (Å²) >= 11 is 7.42. The quantitative estimate of drug-likeness (QED) is 0.163. The molecule has 0 saturated heterocycles. The van der Waals surface area contributed by atoms with Crippen molar-refractivity contribution in [2.24, 2.45) is 0 Å². The number of imidazole rings is 1. The second-order valence-corrected chi connectivity index (χ2v) is 7.64. The van der Waals surface area contributed by atoms with Crippen LogP contribution in [0.15, 0.2) is 78.0 Å². The van der Waals surface area contributed by atoms with E-state index in [-0.39, 0.29) is 5.69 Å². The average molecular weight is 426 g/mol. The van der Waals surface area contributed by atoms with Crippen molar-refractivity contribution in [1.82, 2.24) is 9.55 Å². The molecule has 0 saturated carbocycles. The number of para-hydroxylation sites is 1. The van der Waals surface area contributed by atoms with Crippen molar-refractivity contribution in [2.45, 2.75) is 5.16 Å². The van der Waals surface area contributed by atoms with Crippen LogP contribution in [-0.2, 0) is 0 Å². The molecular formula is C21H16ClN3O3S. The lowest BCUT2D eigenvalue weighted by Crippen LogP contribution is -2.02. The van der Waals surface area contributed by atoms with Crippen LogP contribution < -0.4 is 4.74 Å². The fraction of sp³-hybridized carbons (Fsp3) is 0.0952. The first-order valence-electron chi connectivity index (χ1n) is 8.85. The van der Waals surface area contributed by atoms with Crippen LogP contribution in [0.25, 0.3) is 16.7 Å². The van der Waals surface area contributed by atoms with Crippen molar-refractivity contribution in [1.29, 1.82) is 0 Å². The highest BCUT2D eigenvalue weighted by atomic mass is 35.5. The van der Waals surface area contributed by atoms with Crippen LogP contribution >= 0.6 is 23.4 Å². The van der Waals surface area contributed by atoms with E-state index in [1.165, 1.54) is 23.9 Å². The zero-order valence-corrected chi connectivity index (χ0v) is 16.8. The number of ether oxygens (including phenoxy) is 1. The van der Waals surface area contributed by atoms with Gasteiger partial charge in [0.2, 0.25) is 0 Å². The number of nitro groups is 1. The summed E-state index contributed by atoms with van der Waals surface area (Å²) in [6.07, 6.45) is 0. The Morgan fingerprint density at radius 2 is 1.83 bits per heavy atom. The van der Waals surface area contributed by atoms with Crippen molar-refractivity contribution < 1.29 is 9.66 Å². The average Bonchev–Trinajstić information content (AvgIpc) is 3.10. The van der Waals surface area contributed by atoms with Gasteiger partial charge in [-0.3, -0.25) is 14.7 Å². The molecule has 0 bridgehead atoms. The molecule has 0 atom stereocenters. The zero-order valence-electron chi connectivity index (χ0n) is 15.2. The Hall–Kier alpha value is -3.03. The van der Waals surface area contributed by atoms with Gasteiger partial charge in [0.15, 0.2) is 5.16 Å². The van der Waals surface area contributed by atoms with Gasteiger partial charge < -0.3 is 4.74 Å². The molecule has 1 heterocycles. The molecule has 0 aliphatic rings. The van der Waals surface area contributed by atoms with Gasteiger partial charge in [-0.25, -0.2) is 4.98 Å². The Kier molecular flexibility index (Phi) is 5.69. The summed E-state index contributed by atoms with van der Waals surface area (Å²) in [4.78, 5) is 15.3. The first-order chi connectivity index (χ1) is 14.1. The molecule has 0 radical (unpaired) electrons. The van der Waals surface area contributed by atoms with Crippen molar-refractivity contribution >= 4 is 40.1 Å². The lowest BCUT2D eigenvalue weighted by Gasteiger charge is -2.09. The molecule has 29 heavy (non-hydrogen) atoms. The van der Waals surface area contributed by atoms with Crippen LogP contribution in [0.2, 0.25) is 5.02 Å². The van der Waals surface area contributed by atoms with Gasteiger partial charge in [0.1, 0.15) is 5.75 Å². The Morgan fingerprint density at radius 3 is 2.55 bits per heavy atom. The summed E-state index contributed by atoms with van der Waals surface area (Å²) in [6.45, 7) is 0.491. The van der Waals surface area contributed by atoms with Crippen LogP contribution in [0, 0.1) is 10.1 Å². The van der Waals surface area contributed by atoms with E-state index in [1.54, 1.807) is 18.2 Å². The number of fused-ring (bicyclic) bond motifs is 1. The summed E-state index contributed by atoms with van der Waals surface area (Å²) in [5, 5.41) is 12.5. The van der Waals surface area contributed by atoms with Gasteiger partial charge in [-0.15, -0.1) is 0 Å². The topological polar surface area (TPSA) is 70.2 Å². The Balaban J connectivity index is 1.58. The highest BCUT2D eigenvalue weighted by Crippen LogP contribution is 2.30. The molecule has 1 aromatic heterocycles. The van der Waals surface area contributed by atoms with E-state index in [9.17, 15) is 10.1 Å². The minimum atomic E-state index is -0.409. The fourth-order valence-corrected chi connectivity index (χ4v) is 3.88. The minimum Gasteiger partial charge on any atom is -0.493 e. The number of halogens is 1. The standard InChI is InChI=1S/C21H16ClN3O3S/c22-15-6-9-18(10-7-15)28-12-13-29-21-23-19-14-17(25(26)27)8-11-20(19)24(21)16-4-2-1-3-5-16/h1-11,14H,12-13H2. The van der Waals surface area contributed by atoms with Gasteiger partial charge in [0, 0.05) is 28.6 Å². The molecule has 4 aromatic rings. The lowest BCUT2D eigenvalue weighted by atomic mass is 10.2. The van der Waals surface area contributed by atoms with Gasteiger partial charge in [0.25, 0.3) is 5.69 Å². The minimum absolute atomic E-state index is 0.0258. The van der Waals surface area contributed by atoms with Crippen molar-refractivity contribution in [2.75, 3.05) is 12.4 Å². The molecule has 8 heteroatoms. The molecule has 0 aliphatic carbocycles. The number of benzene rings is 3. The smallest absolute Gasteiger partial charge is 0.271 e. The van der Waals surface area contributed by atoms with E-state index in [0.717, 1.165) is 22.1 Å². The molecule has 0 N–H and O–H groups in total. The van der Waals surface area contributed by atoms with Gasteiger partial charge in [-0.05, 0) is 42.5 Å². The van der Waals surface area contributed by atoms with E-state index in [1.807, 2.05) is 47.0 Å². The van der Waals surface area contributed by atoms with Gasteiger partial charge in [0.05, 0.1) is 22.6 Å². The Bertz CT molecular complexity index is 1150. The van der Waals surface area contributed by atoms with Gasteiger partial charge in [-0.1, -0.05) is 41.6 Å². The number of thioether (sulfide) groups is 1. The van der Waals surface area contributed by atoms with E-state index < -0.39 is 4.92 Å². The van der Waals surface area contributed by atoms with Crippen molar-refractivity contribution in [3.8, 4) is 11.4 Å². The normalized spacial score (nSPS) is 10.9. The molecule has 0 amide bonds. The van der Waals surface area contributed by atoms with Gasteiger partial charge >= 0.3 is 0 Å². The third-order valence-corrected chi connectivity index (χ3v) is 5.38. The molecule has 3 aromatic carbocycles. The van der Waals surface area contributed by atoms with Gasteiger partial charge in [-0.2, -0.15) is 0 Å². The molecule has 0 aliphatic heterocycles. The Labute approximate surface area is 176 Å². The maximum Gasteiger partial charge on any atom is 0.271 e. The first kappa shape index (κ1) is 19.3. The number of hydrogen-bond donors (Lipinski definition) is 0. The van der Waals surface area contributed by atoms with Crippen LogP contribution in [0.5, 0.6) is 5.75 Å². The summed E-state index contributed by atoms with van der Waals surface area (Å²) in [5.41, 5.74) is 2.38. The monoisotopic (exact) mass is 425 g/mol. The number of non-ortho nitro benzene ring substituents is 1. The van der Waals surface area contributed by atoms with Crippen LogP contribution in [0.4, 0.5) is 5.69 Å². The van der Waals surface area contributed by atoms with Crippen LogP contribution in [0.1, 0.15) is 0 Å². The van der Waals surface area contributed by atoms with Crippen molar-refractivity contribution in [3.05, 3.63) is 87.9 Å². The first-order valence-corrected chi connectivity index (χ1v) is 10.2. The molecule has 6 nitrogen and oxygen atoms in total. The van der Waals surface area contributed by atoms with Crippen molar-refractivity contribution in [3.63, 3.8) is 0 Å². The fourth-order valence-electron chi connectivity index (χ4n) is 2.91. The number of nitro benzene ring substituents is 1. The van der Waals surface area contributed by atoms with E-state index >= 15 is 0 Å². The Morgan fingerprint density at radius 1 is 1.07 bits per heavy atom. The maximum absolute atomic E-state index is 11.1. The zero-order chi connectivity index (χ0) is 20.2. The number of hydrogen-bond acceptors (Lipinski definition) is 5. The van der Waals surface area contributed by atoms with E-state index in [0.29, 0.717) is 22.9 Å². The molecular weight excluding hydrogens is 410 g/mol. The summed E-state index contributed by atoms with van der Waals surface area (Å²) in [7, 11) is 0. The lowest BCUT2D eigenvalue weighted by molar-refractivity contribution is -0.384. The highest BCUT2D eigenvalue weighted by Gasteiger charge is 2.16. The molecule has 146 valence electrons. The number of aromatic nitrogens is 2. The summed E-state index contributed by atoms with van der Waals surface area (Å²) in [6, 6.07) is 21.8. The predicted octanol–water partition coefficient (Wildman–Crippen LogP) is 5.76. The number of nitrogens with zero attached hydrogens (tertiary/aromatic N) is 3. The van der Waals surface area contributed by atoms with E-state index in [2.05, 4.69) is 4.98 Å². The maximum atomic E-state index is 11.1. The van der Waals surface area contributed by atoms with Crippen LogP contribution in [-0.4, -0.2) is 26.8 Å². The molecule has 0 fully saturated rings. The third-order valence-electron chi connectivity index (χ3n) is 4.23. The summed E-state index contributed by atoms with van der Waals surface area (Å²) in [5.74, 6) is 1.42. The molecule has 4 rings (SSSR count). The summed E-state index contributed by atoms with van der Waals surface area (Å²) < 4.78 is 7.75.